The Balaban J connectivity index is 2.52. The Morgan fingerprint density at radius 3 is 2.80 bits per heavy atom. The zero-order valence-electron chi connectivity index (χ0n) is 8.54. The molecule has 2 aromatic rings. The highest BCUT2D eigenvalue weighted by Gasteiger charge is 2.08. The first-order chi connectivity index (χ1) is 7.20. The van der Waals surface area contributed by atoms with Crippen LogP contribution in [0.25, 0.3) is 11.4 Å². The van der Waals surface area contributed by atoms with Gasteiger partial charge in [-0.1, -0.05) is 11.6 Å². The smallest absolute Gasteiger partial charge is 0.141 e. The maximum atomic E-state index is 5.88. The highest BCUT2D eigenvalue weighted by Crippen LogP contribution is 2.30. The van der Waals surface area contributed by atoms with E-state index in [0.717, 1.165) is 22.8 Å². The average Bonchev–Trinajstić information content (AvgIpc) is 2.64. The fourth-order valence-electron chi connectivity index (χ4n) is 1.41. The fourth-order valence-corrected chi connectivity index (χ4v) is 1.57. The molecule has 0 aliphatic carbocycles. The number of H-pyrrole nitrogens is 1. The second-order valence-electron chi connectivity index (χ2n) is 3.26. The third-order valence-corrected chi connectivity index (χ3v) is 2.36. The molecule has 1 heterocycles. The number of nitrogens with one attached hydrogen (secondary N) is 1. The number of hydrogen-bond acceptors (Lipinski definition) is 2. The molecule has 0 saturated heterocycles. The van der Waals surface area contributed by atoms with Gasteiger partial charge in [0.05, 0.1) is 12.7 Å². The molecule has 0 unspecified atom stereocenters. The molecule has 1 aromatic carbocycles. The van der Waals surface area contributed by atoms with Crippen LogP contribution < -0.4 is 4.74 Å². The number of halogens is 1. The quantitative estimate of drug-likeness (QED) is 0.848. The molecule has 78 valence electrons. The Labute approximate surface area is 93.1 Å². The van der Waals surface area contributed by atoms with Gasteiger partial charge >= 0.3 is 0 Å². The van der Waals surface area contributed by atoms with Gasteiger partial charge < -0.3 is 9.72 Å². The summed E-state index contributed by atoms with van der Waals surface area (Å²) in [5, 5.41) is 0.652. The molecule has 0 bridgehead atoms. The summed E-state index contributed by atoms with van der Waals surface area (Å²) in [6.07, 6.45) is 1.78. The minimum absolute atomic E-state index is 0.652. The van der Waals surface area contributed by atoms with Crippen molar-refractivity contribution in [3.8, 4) is 17.1 Å². The zero-order chi connectivity index (χ0) is 10.8. The highest BCUT2D eigenvalue weighted by molar-refractivity contribution is 6.30. The molecule has 15 heavy (non-hydrogen) atoms. The average molecular weight is 223 g/mol. The molecule has 0 aliphatic heterocycles. The maximum absolute atomic E-state index is 5.88. The van der Waals surface area contributed by atoms with Crippen molar-refractivity contribution in [1.29, 1.82) is 0 Å². The van der Waals surface area contributed by atoms with Crippen molar-refractivity contribution in [3.63, 3.8) is 0 Å². The molecule has 0 saturated carbocycles. The number of aryl methyl sites for hydroxylation is 1. The van der Waals surface area contributed by atoms with E-state index in [4.69, 9.17) is 16.3 Å². The first-order valence-corrected chi connectivity index (χ1v) is 4.94. The van der Waals surface area contributed by atoms with Crippen molar-refractivity contribution in [2.75, 3.05) is 7.11 Å². The van der Waals surface area contributed by atoms with Crippen LogP contribution >= 0.6 is 11.6 Å². The number of aromatic amines is 1. The van der Waals surface area contributed by atoms with E-state index in [-0.39, 0.29) is 0 Å². The lowest BCUT2D eigenvalue weighted by molar-refractivity contribution is 0.416. The van der Waals surface area contributed by atoms with Gasteiger partial charge in [-0.2, -0.15) is 0 Å². The van der Waals surface area contributed by atoms with E-state index < -0.39 is 0 Å². The van der Waals surface area contributed by atoms with Gasteiger partial charge in [0.2, 0.25) is 0 Å². The third kappa shape index (κ3) is 1.97. The van der Waals surface area contributed by atoms with Gasteiger partial charge in [0.1, 0.15) is 11.6 Å². The van der Waals surface area contributed by atoms with E-state index in [0.29, 0.717) is 5.02 Å². The van der Waals surface area contributed by atoms with Crippen molar-refractivity contribution >= 4 is 11.6 Å². The summed E-state index contributed by atoms with van der Waals surface area (Å²) in [4.78, 5) is 7.40. The second kappa shape index (κ2) is 3.95. The summed E-state index contributed by atoms with van der Waals surface area (Å²) in [6, 6.07) is 5.48. The molecule has 0 radical (unpaired) electrons. The Morgan fingerprint density at radius 1 is 1.40 bits per heavy atom. The van der Waals surface area contributed by atoms with Crippen molar-refractivity contribution in [2.24, 2.45) is 0 Å². The third-order valence-electron chi connectivity index (χ3n) is 2.12. The summed E-state index contributed by atoms with van der Waals surface area (Å²) < 4.78 is 5.25. The van der Waals surface area contributed by atoms with Gasteiger partial charge in [0, 0.05) is 16.9 Å². The summed E-state index contributed by atoms with van der Waals surface area (Å²) >= 11 is 5.88. The number of nitrogens with zero attached hydrogens (tertiary/aromatic N) is 1. The molecule has 0 atom stereocenters. The van der Waals surface area contributed by atoms with E-state index in [1.165, 1.54) is 0 Å². The predicted octanol–water partition coefficient (Wildman–Crippen LogP) is 3.05. The topological polar surface area (TPSA) is 37.9 Å². The van der Waals surface area contributed by atoms with Crippen LogP contribution in [0.3, 0.4) is 0 Å². The van der Waals surface area contributed by atoms with Crippen LogP contribution in [0.4, 0.5) is 0 Å². The van der Waals surface area contributed by atoms with Gasteiger partial charge in [-0.3, -0.25) is 0 Å². The fraction of sp³-hybridized carbons (Fsp3) is 0.182. The zero-order valence-corrected chi connectivity index (χ0v) is 9.30. The number of rotatable bonds is 2. The Kier molecular flexibility index (Phi) is 2.64. The molecule has 2 rings (SSSR count). The van der Waals surface area contributed by atoms with Gasteiger partial charge in [0.15, 0.2) is 0 Å². The summed E-state index contributed by atoms with van der Waals surface area (Å²) in [5.74, 6) is 1.51. The number of aromatic nitrogens is 2. The molecular weight excluding hydrogens is 212 g/mol. The van der Waals surface area contributed by atoms with Crippen molar-refractivity contribution in [2.45, 2.75) is 6.92 Å². The highest BCUT2D eigenvalue weighted by atomic mass is 35.5. The van der Waals surface area contributed by atoms with Crippen LogP contribution in [0.1, 0.15) is 5.69 Å². The monoisotopic (exact) mass is 222 g/mol. The first-order valence-electron chi connectivity index (χ1n) is 4.56. The summed E-state index contributed by atoms with van der Waals surface area (Å²) in [5.41, 5.74) is 1.93. The second-order valence-corrected chi connectivity index (χ2v) is 3.70. The van der Waals surface area contributed by atoms with Crippen LogP contribution in [0.5, 0.6) is 5.75 Å². The summed E-state index contributed by atoms with van der Waals surface area (Å²) in [7, 11) is 1.62. The van der Waals surface area contributed by atoms with E-state index in [1.807, 2.05) is 19.1 Å². The van der Waals surface area contributed by atoms with Crippen molar-refractivity contribution in [1.82, 2.24) is 9.97 Å². The molecular formula is C11H11ClN2O. The molecule has 0 aliphatic rings. The van der Waals surface area contributed by atoms with E-state index in [1.54, 1.807) is 19.4 Å². The van der Waals surface area contributed by atoms with E-state index >= 15 is 0 Å². The molecule has 1 aromatic heterocycles. The largest absolute Gasteiger partial charge is 0.496 e. The lowest BCUT2D eigenvalue weighted by Crippen LogP contribution is -1.89. The number of imidazole rings is 1. The minimum Gasteiger partial charge on any atom is -0.496 e. The predicted molar refractivity (Wildman–Crippen MR) is 60.3 cm³/mol. The first kappa shape index (κ1) is 10.1. The number of benzene rings is 1. The molecule has 1 N–H and O–H groups in total. The number of hydrogen-bond donors (Lipinski definition) is 1. The molecule has 4 heteroatoms. The Hall–Kier alpha value is -1.48. The molecule has 0 amide bonds. The van der Waals surface area contributed by atoms with Gasteiger partial charge in [-0.25, -0.2) is 4.98 Å². The van der Waals surface area contributed by atoms with Crippen LogP contribution in [0, 0.1) is 6.92 Å². The number of methoxy groups -OCH3 is 1. The SMILES string of the molecule is COc1cc(Cl)ccc1-c1ncc(C)[nH]1. The Morgan fingerprint density at radius 2 is 2.20 bits per heavy atom. The van der Waals surface area contributed by atoms with Crippen LogP contribution in [0.15, 0.2) is 24.4 Å². The molecule has 3 nitrogen and oxygen atoms in total. The lowest BCUT2D eigenvalue weighted by atomic mass is 10.2. The van der Waals surface area contributed by atoms with Crippen LogP contribution in [-0.2, 0) is 0 Å². The van der Waals surface area contributed by atoms with Gasteiger partial charge in [-0.05, 0) is 25.1 Å². The molecule has 0 fully saturated rings. The van der Waals surface area contributed by atoms with Crippen molar-refractivity contribution in [3.05, 3.63) is 35.1 Å². The van der Waals surface area contributed by atoms with Crippen LogP contribution in [-0.4, -0.2) is 17.1 Å². The van der Waals surface area contributed by atoms with Gasteiger partial charge in [0.25, 0.3) is 0 Å². The lowest BCUT2D eigenvalue weighted by Gasteiger charge is -2.06. The molecule has 0 spiro atoms. The van der Waals surface area contributed by atoms with Crippen LogP contribution in [0.2, 0.25) is 5.02 Å². The summed E-state index contributed by atoms with van der Waals surface area (Å²) in [6.45, 7) is 1.96. The van der Waals surface area contributed by atoms with Gasteiger partial charge in [-0.15, -0.1) is 0 Å². The number of ether oxygens (including phenoxy) is 1. The normalized spacial score (nSPS) is 10.3. The van der Waals surface area contributed by atoms with Crippen molar-refractivity contribution < 1.29 is 4.74 Å². The van der Waals surface area contributed by atoms with E-state index in [2.05, 4.69) is 9.97 Å². The van der Waals surface area contributed by atoms with E-state index in [9.17, 15) is 0 Å². The minimum atomic E-state index is 0.652. The standard InChI is InChI=1S/C11H11ClN2O/c1-7-6-13-11(14-7)9-4-3-8(12)5-10(9)15-2/h3-6H,1-2H3,(H,13,14). The maximum Gasteiger partial charge on any atom is 0.141 e. The Bertz CT molecular complexity index is 479.